The SMILES string of the molecule is CC(=O)c1cccc(Nc2ccc(NS(=O)(=O)c3cccc(C)c3)cn2)c1. The number of ketones is 1. The topological polar surface area (TPSA) is 88.2 Å². The van der Waals surface area contributed by atoms with Gasteiger partial charge in [0.25, 0.3) is 10.0 Å². The number of anilines is 3. The normalized spacial score (nSPS) is 11.0. The third-order valence-corrected chi connectivity index (χ3v) is 5.24. The first-order valence-corrected chi connectivity index (χ1v) is 9.75. The Bertz CT molecular complexity index is 1080. The number of carbonyl (C=O) groups excluding carboxylic acids is 1. The maximum absolute atomic E-state index is 12.4. The smallest absolute Gasteiger partial charge is 0.261 e. The second-order valence-electron chi connectivity index (χ2n) is 6.12. The van der Waals surface area contributed by atoms with Crippen LogP contribution in [0.1, 0.15) is 22.8 Å². The number of hydrogen-bond acceptors (Lipinski definition) is 5. The number of nitrogens with zero attached hydrogens (tertiary/aromatic N) is 1. The molecular formula is C20H19N3O3S. The predicted molar refractivity (Wildman–Crippen MR) is 106 cm³/mol. The quantitative estimate of drug-likeness (QED) is 0.627. The number of hydrogen-bond donors (Lipinski definition) is 2. The largest absolute Gasteiger partial charge is 0.340 e. The van der Waals surface area contributed by atoms with Crippen molar-refractivity contribution in [3.05, 3.63) is 78.0 Å². The summed E-state index contributed by atoms with van der Waals surface area (Å²) in [6.07, 6.45) is 1.44. The monoisotopic (exact) mass is 381 g/mol. The average molecular weight is 381 g/mol. The van der Waals surface area contributed by atoms with Gasteiger partial charge in [-0.05, 0) is 55.8 Å². The Morgan fingerprint density at radius 3 is 2.41 bits per heavy atom. The van der Waals surface area contributed by atoms with Crippen molar-refractivity contribution in [3.63, 3.8) is 0 Å². The maximum atomic E-state index is 12.4. The van der Waals surface area contributed by atoms with Crippen LogP contribution >= 0.6 is 0 Å². The van der Waals surface area contributed by atoms with Crippen LogP contribution in [-0.4, -0.2) is 19.2 Å². The van der Waals surface area contributed by atoms with Crippen LogP contribution in [-0.2, 0) is 10.0 Å². The van der Waals surface area contributed by atoms with Gasteiger partial charge in [0.15, 0.2) is 5.78 Å². The van der Waals surface area contributed by atoms with Crippen LogP contribution in [0.25, 0.3) is 0 Å². The zero-order valence-electron chi connectivity index (χ0n) is 14.9. The molecule has 0 aliphatic rings. The molecule has 0 unspecified atom stereocenters. The van der Waals surface area contributed by atoms with Gasteiger partial charge < -0.3 is 5.32 Å². The van der Waals surface area contributed by atoms with E-state index >= 15 is 0 Å². The van der Waals surface area contributed by atoms with Gasteiger partial charge in [0.1, 0.15) is 5.82 Å². The van der Waals surface area contributed by atoms with Gasteiger partial charge in [-0.1, -0.05) is 24.3 Å². The fourth-order valence-corrected chi connectivity index (χ4v) is 3.64. The van der Waals surface area contributed by atoms with Crippen LogP contribution in [0.3, 0.4) is 0 Å². The highest BCUT2D eigenvalue weighted by atomic mass is 32.2. The molecule has 0 radical (unpaired) electrons. The number of benzene rings is 2. The van der Waals surface area contributed by atoms with Crippen LogP contribution < -0.4 is 10.0 Å². The Kier molecular flexibility index (Phi) is 5.23. The molecule has 0 spiro atoms. The van der Waals surface area contributed by atoms with Gasteiger partial charge in [-0.25, -0.2) is 13.4 Å². The second kappa shape index (κ2) is 7.59. The third-order valence-electron chi connectivity index (χ3n) is 3.86. The van der Waals surface area contributed by atoms with Crippen molar-refractivity contribution >= 4 is 33.0 Å². The zero-order chi connectivity index (χ0) is 19.4. The van der Waals surface area contributed by atoms with Crippen molar-refractivity contribution in [1.82, 2.24) is 4.98 Å². The first-order chi connectivity index (χ1) is 12.8. The molecule has 6 nitrogen and oxygen atoms in total. The van der Waals surface area contributed by atoms with Gasteiger partial charge in [-0.3, -0.25) is 9.52 Å². The highest BCUT2D eigenvalue weighted by Gasteiger charge is 2.14. The molecule has 2 N–H and O–H groups in total. The lowest BCUT2D eigenvalue weighted by molar-refractivity contribution is 0.101. The number of rotatable bonds is 6. The molecule has 1 aromatic heterocycles. The van der Waals surface area contributed by atoms with Crippen molar-refractivity contribution in [2.45, 2.75) is 18.7 Å². The lowest BCUT2D eigenvalue weighted by Gasteiger charge is -2.10. The number of pyridine rings is 1. The molecule has 0 saturated heterocycles. The highest BCUT2D eigenvalue weighted by molar-refractivity contribution is 7.92. The van der Waals surface area contributed by atoms with Gasteiger partial charge in [-0.15, -0.1) is 0 Å². The number of carbonyl (C=O) groups is 1. The van der Waals surface area contributed by atoms with Crippen LogP contribution in [0.15, 0.2) is 71.8 Å². The minimum Gasteiger partial charge on any atom is -0.340 e. The molecule has 0 aliphatic heterocycles. The van der Waals surface area contributed by atoms with Crippen molar-refractivity contribution in [2.75, 3.05) is 10.0 Å². The fourth-order valence-electron chi connectivity index (χ4n) is 2.49. The Labute approximate surface area is 158 Å². The summed E-state index contributed by atoms with van der Waals surface area (Å²) >= 11 is 0. The van der Waals surface area contributed by atoms with Gasteiger partial charge in [-0.2, -0.15) is 0 Å². The molecule has 3 rings (SSSR count). The second-order valence-corrected chi connectivity index (χ2v) is 7.80. The van der Waals surface area contributed by atoms with Crippen molar-refractivity contribution in [3.8, 4) is 0 Å². The van der Waals surface area contributed by atoms with Crippen LogP contribution in [0.5, 0.6) is 0 Å². The molecule has 7 heteroatoms. The van der Waals surface area contributed by atoms with E-state index in [-0.39, 0.29) is 10.7 Å². The number of sulfonamides is 1. The van der Waals surface area contributed by atoms with E-state index in [4.69, 9.17) is 0 Å². The van der Waals surface area contributed by atoms with E-state index in [0.717, 1.165) is 11.3 Å². The zero-order valence-corrected chi connectivity index (χ0v) is 15.7. The van der Waals surface area contributed by atoms with E-state index in [1.54, 1.807) is 48.5 Å². The number of aromatic nitrogens is 1. The molecular weight excluding hydrogens is 362 g/mol. The minimum atomic E-state index is -3.67. The standard InChI is InChI=1S/C20H19N3O3S/c1-14-5-3-8-19(11-14)27(25,26)23-18-9-10-20(21-13-18)22-17-7-4-6-16(12-17)15(2)24/h3-13,23H,1-2H3,(H,21,22). The third kappa shape index (κ3) is 4.71. The van der Waals surface area contributed by atoms with Crippen LogP contribution in [0.4, 0.5) is 17.2 Å². The Balaban J connectivity index is 1.74. The van der Waals surface area contributed by atoms with E-state index in [2.05, 4.69) is 15.0 Å². The van der Waals surface area contributed by atoms with E-state index in [1.807, 2.05) is 19.1 Å². The summed E-state index contributed by atoms with van der Waals surface area (Å²) in [5, 5.41) is 3.09. The summed E-state index contributed by atoms with van der Waals surface area (Å²) in [6, 6.07) is 17.0. The summed E-state index contributed by atoms with van der Waals surface area (Å²) in [7, 11) is -3.67. The van der Waals surface area contributed by atoms with E-state index in [0.29, 0.717) is 17.1 Å². The van der Waals surface area contributed by atoms with Gasteiger partial charge >= 0.3 is 0 Å². The molecule has 0 atom stereocenters. The Morgan fingerprint density at radius 1 is 0.963 bits per heavy atom. The van der Waals surface area contributed by atoms with Crippen molar-refractivity contribution < 1.29 is 13.2 Å². The Morgan fingerprint density at radius 2 is 1.74 bits per heavy atom. The molecule has 3 aromatic rings. The van der Waals surface area contributed by atoms with Gasteiger partial charge in [0.05, 0.1) is 16.8 Å². The summed E-state index contributed by atoms with van der Waals surface area (Å²) in [5.74, 6) is 0.515. The number of aryl methyl sites for hydroxylation is 1. The highest BCUT2D eigenvalue weighted by Crippen LogP contribution is 2.20. The molecule has 0 amide bonds. The molecule has 0 aliphatic carbocycles. The lowest BCUT2D eigenvalue weighted by Crippen LogP contribution is -2.13. The summed E-state index contributed by atoms with van der Waals surface area (Å²) in [4.78, 5) is 15.9. The minimum absolute atomic E-state index is 0.0208. The molecule has 0 saturated carbocycles. The van der Waals surface area contributed by atoms with E-state index in [1.165, 1.54) is 13.1 Å². The summed E-state index contributed by atoms with van der Waals surface area (Å²) in [6.45, 7) is 3.34. The van der Waals surface area contributed by atoms with E-state index in [9.17, 15) is 13.2 Å². The molecule has 27 heavy (non-hydrogen) atoms. The van der Waals surface area contributed by atoms with Crippen LogP contribution in [0, 0.1) is 6.92 Å². The summed E-state index contributed by atoms with van der Waals surface area (Å²) < 4.78 is 27.4. The molecule has 1 heterocycles. The Hall–Kier alpha value is -3.19. The van der Waals surface area contributed by atoms with E-state index < -0.39 is 10.0 Å². The number of nitrogens with one attached hydrogen (secondary N) is 2. The van der Waals surface area contributed by atoms with Gasteiger partial charge in [0.2, 0.25) is 0 Å². The molecule has 2 aromatic carbocycles. The van der Waals surface area contributed by atoms with Crippen molar-refractivity contribution in [2.24, 2.45) is 0 Å². The maximum Gasteiger partial charge on any atom is 0.261 e. The number of Topliss-reactive ketones (excluding diaryl/α,β-unsaturated/α-hetero) is 1. The lowest BCUT2D eigenvalue weighted by atomic mass is 10.1. The first kappa shape index (κ1) is 18.6. The fraction of sp³-hybridized carbons (Fsp3) is 0.100. The first-order valence-electron chi connectivity index (χ1n) is 8.27. The molecule has 138 valence electrons. The van der Waals surface area contributed by atoms with Crippen molar-refractivity contribution in [1.29, 1.82) is 0 Å². The predicted octanol–water partition coefficient (Wildman–Crippen LogP) is 4.14. The average Bonchev–Trinajstić information content (AvgIpc) is 2.63. The molecule has 0 fully saturated rings. The van der Waals surface area contributed by atoms with Crippen LogP contribution in [0.2, 0.25) is 0 Å². The molecule has 0 bridgehead atoms. The summed E-state index contributed by atoms with van der Waals surface area (Å²) in [5.41, 5.74) is 2.55. The van der Waals surface area contributed by atoms with Gasteiger partial charge in [0, 0.05) is 11.3 Å².